The van der Waals surface area contributed by atoms with E-state index in [0.717, 1.165) is 25.6 Å². The summed E-state index contributed by atoms with van der Waals surface area (Å²) in [6, 6.07) is 4.80. The standard InChI is InChI=1S/C16H24N2OS/c1-13-6-9-17(10-7-13)16(19)12-18-8-2-4-14(18)15-5-3-11-20-15/h3,5,11,13-14H,2,4,6-10,12H2,1H3/t14-/m0/s1. The van der Waals surface area contributed by atoms with Gasteiger partial charge in [0.05, 0.1) is 6.54 Å². The van der Waals surface area contributed by atoms with E-state index in [4.69, 9.17) is 0 Å². The lowest BCUT2D eigenvalue weighted by molar-refractivity contribution is -0.134. The van der Waals surface area contributed by atoms with Crippen LogP contribution < -0.4 is 0 Å². The molecule has 0 radical (unpaired) electrons. The number of likely N-dealkylation sites (tertiary alicyclic amines) is 2. The summed E-state index contributed by atoms with van der Waals surface area (Å²) < 4.78 is 0. The van der Waals surface area contributed by atoms with Crippen LogP contribution in [0.3, 0.4) is 0 Å². The van der Waals surface area contributed by atoms with Gasteiger partial charge in [-0.1, -0.05) is 13.0 Å². The first-order valence-electron chi connectivity index (χ1n) is 7.79. The lowest BCUT2D eigenvalue weighted by Gasteiger charge is -2.32. The molecule has 0 saturated carbocycles. The van der Waals surface area contributed by atoms with Crippen molar-refractivity contribution >= 4 is 17.2 Å². The highest BCUT2D eigenvalue weighted by molar-refractivity contribution is 7.10. The Labute approximate surface area is 125 Å². The molecule has 0 spiro atoms. The molecule has 0 unspecified atom stereocenters. The van der Waals surface area contributed by atoms with Gasteiger partial charge in [-0.05, 0) is 49.6 Å². The fourth-order valence-corrected chi connectivity index (χ4v) is 4.25. The maximum atomic E-state index is 12.5. The second kappa shape index (κ2) is 6.27. The molecule has 110 valence electrons. The highest BCUT2D eigenvalue weighted by atomic mass is 32.1. The zero-order valence-electron chi connectivity index (χ0n) is 12.3. The van der Waals surface area contributed by atoms with Crippen molar-refractivity contribution in [3.63, 3.8) is 0 Å². The van der Waals surface area contributed by atoms with E-state index in [0.29, 0.717) is 18.5 Å². The van der Waals surface area contributed by atoms with Crippen molar-refractivity contribution in [2.24, 2.45) is 5.92 Å². The van der Waals surface area contributed by atoms with E-state index in [1.165, 1.54) is 30.6 Å². The second-order valence-corrected chi connectivity index (χ2v) is 7.19. The van der Waals surface area contributed by atoms with Gasteiger partial charge < -0.3 is 4.90 Å². The second-order valence-electron chi connectivity index (χ2n) is 6.21. The van der Waals surface area contributed by atoms with E-state index < -0.39 is 0 Å². The predicted octanol–water partition coefficient (Wildman–Crippen LogP) is 3.14. The van der Waals surface area contributed by atoms with E-state index in [2.05, 4.69) is 34.2 Å². The number of hydrogen-bond acceptors (Lipinski definition) is 3. The van der Waals surface area contributed by atoms with Crippen molar-refractivity contribution in [3.05, 3.63) is 22.4 Å². The van der Waals surface area contributed by atoms with Crippen molar-refractivity contribution < 1.29 is 4.79 Å². The van der Waals surface area contributed by atoms with Gasteiger partial charge in [-0.2, -0.15) is 0 Å². The Morgan fingerprint density at radius 3 is 2.80 bits per heavy atom. The average molecular weight is 292 g/mol. The Hall–Kier alpha value is -0.870. The van der Waals surface area contributed by atoms with Crippen molar-refractivity contribution in [3.8, 4) is 0 Å². The zero-order chi connectivity index (χ0) is 13.9. The largest absolute Gasteiger partial charge is 0.342 e. The Balaban J connectivity index is 1.58. The van der Waals surface area contributed by atoms with Gasteiger partial charge in [-0.25, -0.2) is 0 Å². The van der Waals surface area contributed by atoms with E-state index in [-0.39, 0.29) is 0 Å². The molecule has 1 aromatic heterocycles. The molecule has 3 rings (SSSR count). The average Bonchev–Trinajstić information content (AvgIpc) is 3.09. The summed E-state index contributed by atoms with van der Waals surface area (Å²) in [6.45, 7) is 5.87. The molecule has 0 aliphatic carbocycles. The summed E-state index contributed by atoms with van der Waals surface area (Å²) in [5, 5.41) is 2.14. The molecule has 2 saturated heterocycles. The molecule has 0 N–H and O–H groups in total. The van der Waals surface area contributed by atoms with Crippen LogP contribution in [0.2, 0.25) is 0 Å². The first kappa shape index (κ1) is 14.1. The number of carbonyl (C=O) groups excluding carboxylic acids is 1. The van der Waals surface area contributed by atoms with E-state index in [1.54, 1.807) is 0 Å². The maximum absolute atomic E-state index is 12.5. The fourth-order valence-electron chi connectivity index (χ4n) is 3.35. The predicted molar refractivity (Wildman–Crippen MR) is 82.8 cm³/mol. The van der Waals surface area contributed by atoms with Crippen LogP contribution in [0.4, 0.5) is 0 Å². The number of piperidine rings is 1. The number of hydrogen-bond donors (Lipinski definition) is 0. The molecule has 2 aliphatic rings. The fraction of sp³-hybridized carbons (Fsp3) is 0.688. The summed E-state index contributed by atoms with van der Waals surface area (Å²) in [6.07, 6.45) is 4.75. The van der Waals surface area contributed by atoms with Crippen LogP contribution >= 0.6 is 11.3 Å². The molecule has 20 heavy (non-hydrogen) atoms. The molecule has 1 aromatic rings. The normalized spacial score (nSPS) is 25.2. The zero-order valence-corrected chi connectivity index (χ0v) is 13.1. The maximum Gasteiger partial charge on any atom is 0.236 e. The van der Waals surface area contributed by atoms with Gasteiger partial charge in [0.15, 0.2) is 0 Å². The number of carbonyl (C=O) groups is 1. The molecule has 1 atom stereocenters. The highest BCUT2D eigenvalue weighted by Gasteiger charge is 2.30. The van der Waals surface area contributed by atoms with Crippen LogP contribution in [-0.4, -0.2) is 41.9 Å². The molecule has 0 bridgehead atoms. The highest BCUT2D eigenvalue weighted by Crippen LogP contribution is 2.34. The molecular weight excluding hydrogens is 268 g/mol. The van der Waals surface area contributed by atoms with Gasteiger partial charge >= 0.3 is 0 Å². The third kappa shape index (κ3) is 3.07. The van der Waals surface area contributed by atoms with Gasteiger partial charge in [0.25, 0.3) is 0 Å². The monoisotopic (exact) mass is 292 g/mol. The summed E-state index contributed by atoms with van der Waals surface area (Å²) in [7, 11) is 0. The van der Waals surface area contributed by atoms with Crippen molar-refractivity contribution in [1.29, 1.82) is 0 Å². The first-order chi connectivity index (χ1) is 9.74. The Morgan fingerprint density at radius 2 is 2.10 bits per heavy atom. The Bertz CT molecular complexity index is 437. The third-order valence-corrected chi connectivity index (χ3v) is 5.68. The van der Waals surface area contributed by atoms with Gasteiger partial charge in [0, 0.05) is 24.0 Å². The summed E-state index contributed by atoms with van der Waals surface area (Å²) in [4.78, 5) is 18.3. The van der Waals surface area contributed by atoms with Gasteiger partial charge in [-0.15, -0.1) is 11.3 Å². The Kier molecular flexibility index (Phi) is 4.41. The Morgan fingerprint density at radius 1 is 1.30 bits per heavy atom. The van der Waals surface area contributed by atoms with Crippen LogP contribution in [-0.2, 0) is 4.79 Å². The molecule has 3 nitrogen and oxygen atoms in total. The molecule has 2 aliphatic heterocycles. The molecule has 0 aromatic carbocycles. The van der Waals surface area contributed by atoms with Crippen LogP contribution in [0.1, 0.15) is 43.5 Å². The SMILES string of the molecule is CC1CCN(C(=O)CN2CCC[C@H]2c2cccs2)CC1. The molecule has 2 fully saturated rings. The third-order valence-electron chi connectivity index (χ3n) is 4.71. The minimum atomic E-state index is 0.334. The smallest absolute Gasteiger partial charge is 0.236 e. The van der Waals surface area contributed by atoms with Crippen molar-refractivity contribution in [1.82, 2.24) is 9.80 Å². The minimum Gasteiger partial charge on any atom is -0.342 e. The van der Waals surface area contributed by atoms with Gasteiger partial charge in [-0.3, -0.25) is 9.69 Å². The van der Waals surface area contributed by atoms with Crippen LogP contribution in [0.5, 0.6) is 0 Å². The topological polar surface area (TPSA) is 23.6 Å². The van der Waals surface area contributed by atoms with Crippen molar-refractivity contribution in [2.45, 2.75) is 38.6 Å². The van der Waals surface area contributed by atoms with E-state index >= 15 is 0 Å². The number of nitrogens with zero attached hydrogens (tertiary/aromatic N) is 2. The van der Waals surface area contributed by atoms with Crippen LogP contribution in [0.25, 0.3) is 0 Å². The first-order valence-corrected chi connectivity index (χ1v) is 8.67. The molecule has 1 amide bonds. The van der Waals surface area contributed by atoms with Crippen molar-refractivity contribution in [2.75, 3.05) is 26.2 Å². The summed E-state index contributed by atoms with van der Waals surface area (Å²) >= 11 is 1.82. The molecule has 4 heteroatoms. The van der Waals surface area contributed by atoms with Gasteiger partial charge in [0.1, 0.15) is 0 Å². The van der Waals surface area contributed by atoms with Gasteiger partial charge in [0.2, 0.25) is 5.91 Å². The number of thiophene rings is 1. The molecular formula is C16H24N2OS. The number of amides is 1. The summed E-state index contributed by atoms with van der Waals surface area (Å²) in [5.74, 6) is 1.12. The van der Waals surface area contributed by atoms with E-state index in [1.807, 2.05) is 11.3 Å². The lowest BCUT2D eigenvalue weighted by Crippen LogP contribution is -2.43. The van der Waals surface area contributed by atoms with Crippen LogP contribution in [0.15, 0.2) is 17.5 Å². The lowest BCUT2D eigenvalue weighted by atomic mass is 9.99. The van der Waals surface area contributed by atoms with Crippen LogP contribution in [0, 0.1) is 5.92 Å². The number of rotatable bonds is 3. The minimum absolute atomic E-state index is 0.334. The summed E-state index contributed by atoms with van der Waals surface area (Å²) in [5.41, 5.74) is 0. The quantitative estimate of drug-likeness (QED) is 0.854. The molecule has 3 heterocycles. The van der Waals surface area contributed by atoms with E-state index in [9.17, 15) is 4.79 Å².